The van der Waals surface area contributed by atoms with E-state index in [1.807, 2.05) is 6.20 Å². The van der Waals surface area contributed by atoms with Crippen LogP contribution in [0.15, 0.2) is 12.5 Å². The fraction of sp³-hybridized carbons (Fsp3) is 0.667. The summed E-state index contributed by atoms with van der Waals surface area (Å²) in [4.78, 5) is 10.9. The van der Waals surface area contributed by atoms with Crippen molar-refractivity contribution in [1.29, 1.82) is 0 Å². The molecule has 2 rings (SSSR count). The summed E-state index contributed by atoms with van der Waals surface area (Å²) >= 11 is 0. The maximum absolute atomic E-state index is 5.55. The Morgan fingerprint density at radius 2 is 2.06 bits per heavy atom. The molecule has 1 aromatic heterocycles. The first-order chi connectivity index (χ1) is 7.92. The standard InChI is InChI=1S/C12H20N4/c13-6-4-5-11-9-14-10-15-12(11)16-7-2-1-3-8-16/h9-10H,1-8,13H2. The molecule has 1 aliphatic rings. The maximum atomic E-state index is 5.55. The number of piperidine rings is 1. The Morgan fingerprint density at radius 1 is 1.25 bits per heavy atom. The molecule has 4 nitrogen and oxygen atoms in total. The molecule has 0 amide bonds. The monoisotopic (exact) mass is 220 g/mol. The van der Waals surface area contributed by atoms with Crippen molar-refractivity contribution in [3.63, 3.8) is 0 Å². The summed E-state index contributed by atoms with van der Waals surface area (Å²) in [5.41, 5.74) is 6.80. The van der Waals surface area contributed by atoms with E-state index in [2.05, 4.69) is 14.9 Å². The Balaban J connectivity index is 2.11. The lowest BCUT2D eigenvalue weighted by Gasteiger charge is -2.29. The molecule has 0 unspecified atom stereocenters. The molecule has 0 spiro atoms. The van der Waals surface area contributed by atoms with Crippen LogP contribution in [-0.4, -0.2) is 29.6 Å². The van der Waals surface area contributed by atoms with Gasteiger partial charge in [0.25, 0.3) is 0 Å². The zero-order valence-corrected chi connectivity index (χ0v) is 9.73. The van der Waals surface area contributed by atoms with Gasteiger partial charge in [0.05, 0.1) is 0 Å². The minimum atomic E-state index is 0.730. The molecule has 0 aliphatic carbocycles. The summed E-state index contributed by atoms with van der Waals surface area (Å²) < 4.78 is 0. The van der Waals surface area contributed by atoms with E-state index in [-0.39, 0.29) is 0 Å². The molecule has 16 heavy (non-hydrogen) atoms. The normalized spacial score (nSPS) is 16.4. The highest BCUT2D eigenvalue weighted by molar-refractivity contribution is 5.45. The molecule has 88 valence electrons. The predicted molar refractivity (Wildman–Crippen MR) is 65.5 cm³/mol. The summed E-state index contributed by atoms with van der Waals surface area (Å²) in [5.74, 6) is 1.13. The number of nitrogens with two attached hydrogens (primary N) is 1. The largest absolute Gasteiger partial charge is 0.356 e. The van der Waals surface area contributed by atoms with Crippen LogP contribution in [0.3, 0.4) is 0 Å². The van der Waals surface area contributed by atoms with Gasteiger partial charge in [-0.15, -0.1) is 0 Å². The molecule has 2 heterocycles. The van der Waals surface area contributed by atoms with Crippen molar-refractivity contribution >= 4 is 5.82 Å². The Bertz CT molecular complexity index is 321. The predicted octanol–water partition coefficient (Wildman–Crippen LogP) is 1.36. The average molecular weight is 220 g/mol. The van der Waals surface area contributed by atoms with Crippen molar-refractivity contribution in [3.8, 4) is 0 Å². The second-order valence-electron chi connectivity index (χ2n) is 4.31. The van der Waals surface area contributed by atoms with E-state index in [1.54, 1.807) is 6.33 Å². The van der Waals surface area contributed by atoms with E-state index in [9.17, 15) is 0 Å². The van der Waals surface area contributed by atoms with E-state index >= 15 is 0 Å². The summed E-state index contributed by atoms with van der Waals surface area (Å²) in [5, 5.41) is 0. The van der Waals surface area contributed by atoms with E-state index in [0.717, 1.165) is 38.3 Å². The highest BCUT2D eigenvalue weighted by Gasteiger charge is 2.15. The molecular formula is C12H20N4. The first-order valence-corrected chi connectivity index (χ1v) is 6.15. The molecule has 0 bridgehead atoms. The number of rotatable bonds is 4. The van der Waals surface area contributed by atoms with Crippen LogP contribution < -0.4 is 10.6 Å². The van der Waals surface area contributed by atoms with Gasteiger partial charge in [0, 0.05) is 24.8 Å². The van der Waals surface area contributed by atoms with Gasteiger partial charge in [-0.05, 0) is 38.6 Å². The van der Waals surface area contributed by atoms with Crippen molar-refractivity contribution in [3.05, 3.63) is 18.1 Å². The molecule has 4 heteroatoms. The molecule has 2 N–H and O–H groups in total. The van der Waals surface area contributed by atoms with Crippen molar-refractivity contribution in [2.45, 2.75) is 32.1 Å². The number of hydrogen-bond donors (Lipinski definition) is 1. The van der Waals surface area contributed by atoms with Gasteiger partial charge in [0.2, 0.25) is 0 Å². The van der Waals surface area contributed by atoms with Gasteiger partial charge in [0.15, 0.2) is 0 Å². The molecule has 0 saturated carbocycles. The van der Waals surface area contributed by atoms with Crippen LogP contribution in [0.5, 0.6) is 0 Å². The molecular weight excluding hydrogens is 200 g/mol. The Hall–Kier alpha value is -1.16. The van der Waals surface area contributed by atoms with Crippen LogP contribution in [0.25, 0.3) is 0 Å². The molecule has 0 radical (unpaired) electrons. The molecule has 1 aliphatic heterocycles. The molecule has 1 aromatic rings. The van der Waals surface area contributed by atoms with Crippen LogP contribution in [0, 0.1) is 0 Å². The second-order valence-corrected chi connectivity index (χ2v) is 4.31. The van der Waals surface area contributed by atoms with Gasteiger partial charge in [-0.25, -0.2) is 9.97 Å². The fourth-order valence-electron chi connectivity index (χ4n) is 2.21. The van der Waals surface area contributed by atoms with E-state index in [0.29, 0.717) is 0 Å². The van der Waals surface area contributed by atoms with Gasteiger partial charge in [-0.1, -0.05) is 0 Å². The third-order valence-electron chi connectivity index (χ3n) is 3.07. The van der Waals surface area contributed by atoms with Crippen LogP contribution in [0.4, 0.5) is 5.82 Å². The van der Waals surface area contributed by atoms with Crippen LogP contribution >= 0.6 is 0 Å². The maximum Gasteiger partial charge on any atom is 0.135 e. The lowest BCUT2D eigenvalue weighted by Crippen LogP contribution is -2.31. The first-order valence-electron chi connectivity index (χ1n) is 6.15. The van der Waals surface area contributed by atoms with Gasteiger partial charge in [0.1, 0.15) is 12.1 Å². The third-order valence-corrected chi connectivity index (χ3v) is 3.07. The van der Waals surface area contributed by atoms with Crippen molar-refractivity contribution in [2.24, 2.45) is 5.73 Å². The topological polar surface area (TPSA) is 55.0 Å². The van der Waals surface area contributed by atoms with Gasteiger partial charge in [-0.2, -0.15) is 0 Å². The first kappa shape index (κ1) is 11.3. The smallest absolute Gasteiger partial charge is 0.135 e. The molecule has 0 aromatic carbocycles. The Labute approximate surface area is 96.9 Å². The van der Waals surface area contributed by atoms with E-state index in [1.165, 1.54) is 24.8 Å². The average Bonchev–Trinajstić information content (AvgIpc) is 2.38. The highest BCUT2D eigenvalue weighted by Crippen LogP contribution is 2.21. The number of nitrogens with zero attached hydrogens (tertiary/aromatic N) is 3. The minimum absolute atomic E-state index is 0.730. The zero-order chi connectivity index (χ0) is 11.2. The Kier molecular flexibility index (Phi) is 4.10. The molecule has 1 fully saturated rings. The van der Waals surface area contributed by atoms with Crippen LogP contribution in [0.2, 0.25) is 0 Å². The van der Waals surface area contributed by atoms with Crippen molar-refractivity contribution in [2.75, 3.05) is 24.5 Å². The third kappa shape index (κ3) is 2.70. The summed E-state index contributed by atoms with van der Waals surface area (Å²) in [6.45, 7) is 2.99. The number of hydrogen-bond acceptors (Lipinski definition) is 4. The minimum Gasteiger partial charge on any atom is -0.356 e. The van der Waals surface area contributed by atoms with Crippen LogP contribution in [0.1, 0.15) is 31.2 Å². The number of aryl methyl sites for hydroxylation is 1. The van der Waals surface area contributed by atoms with Gasteiger partial charge < -0.3 is 10.6 Å². The van der Waals surface area contributed by atoms with Gasteiger partial charge >= 0.3 is 0 Å². The molecule has 1 saturated heterocycles. The SMILES string of the molecule is NCCCc1cncnc1N1CCCCC1. The summed E-state index contributed by atoms with van der Waals surface area (Å²) in [7, 11) is 0. The number of aromatic nitrogens is 2. The number of anilines is 1. The molecule has 0 atom stereocenters. The van der Waals surface area contributed by atoms with Crippen molar-refractivity contribution in [1.82, 2.24) is 9.97 Å². The van der Waals surface area contributed by atoms with Crippen molar-refractivity contribution < 1.29 is 0 Å². The lowest BCUT2D eigenvalue weighted by molar-refractivity contribution is 0.570. The summed E-state index contributed by atoms with van der Waals surface area (Å²) in [6.07, 6.45) is 9.49. The van der Waals surface area contributed by atoms with Gasteiger partial charge in [-0.3, -0.25) is 0 Å². The summed E-state index contributed by atoms with van der Waals surface area (Å²) in [6, 6.07) is 0. The van der Waals surface area contributed by atoms with E-state index < -0.39 is 0 Å². The van der Waals surface area contributed by atoms with E-state index in [4.69, 9.17) is 5.73 Å². The zero-order valence-electron chi connectivity index (χ0n) is 9.73. The Morgan fingerprint density at radius 3 is 2.81 bits per heavy atom. The highest BCUT2D eigenvalue weighted by atomic mass is 15.2. The van der Waals surface area contributed by atoms with Crippen LogP contribution in [-0.2, 0) is 6.42 Å². The second kappa shape index (κ2) is 5.80. The lowest BCUT2D eigenvalue weighted by atomic mass is 10.1. The fourth-order valence-corrected chi connectivity index (χ4v) is 2.21. The quantitative estimate of drug-likeness (QED) is 0.832.